The van der Waals surface area contributed by atoms with Gasteiger partial charge >= 0.3 is 6.18 Å². The Labute approximate surface area is 121 Å². The fraction of sp³-hybridized carbons (Fsp3) is 0.571. The Balaban J connectivity index is 1.83. The Morgan fingerprint density at radius 3 is 2.60 bits per heavy atom. The van der Waals surface area contributed by atoms with E-state index < -0.39 is 12.8 Å². The highest BCUT2D eigenvalue weighted by atomic mass is 35.5. The first-order chi connectivity index (χ1) is 9.41. The Morgan fingerprint density at radius 2 is 2.05 bits per heavy atom. The van der Waals surface area contributed by atoms with Crippen LogP contribution in [0.2, 0.25) is 5.02 Å². The molecule has 0 amide bonds. The molecule has 0 spiro atoms. The molecule has 2 nitrogen and oxygen atoms in total. The van der Waals surface area contributed by atoms with Gasteiger partial charge in [0.1, 0.15) is 6.61 Å². The van der Waals surface area contributed by atoms with Crippen molar-refractivity contribution < 1.29 is 17.9 Å². The lowest BCUT2D eigenvalue weighted by Gasteiger charge is -2.43. The number of ether oxygens (including phenoxy) is 1. The number of hydrogen-bond acceptors (Lipinski definition) is 2. The summed E-state index contributed by atoms with van der Waals surface area (Å²) >= 11 is 6.00. The summed E-state index contributed by atoms with van der Waals surface area (Å²) in [5.41, 5.74) is 1.12. The topological polar surface area (TPSA) is 21.3 Å². The van der Waals surface area contributed by atoms with Crippen LogP contribution in [0.5, 0.6) is 0 Å². The standard InChI is InChI=1S/C14H17ClF3NO/c15-12-4-1-3-11(7-12)13(8-19-9-13)5-2-6-20-10-14(16,17)18/h1,3-4,7,19H,2,5-6,8-10H2. The van der Waals surface area contributed by atoms with E-state index in [1.54, 1.807) is 0 Å². The third-order valence-corrected chi connectivity index (χ3v) is 3.81. The van der Waals surface area contributed by atoms with E-state index in [4.69, 9.17) is 11.6 Å². The summed E-state index contributed by atoms with van der Waals surface area (Å²) in [5, 5.41) is 3.90. The summed E-state index contributed by atoms with van der Waals surface area (Å²) in [6.45, 7) is 0.608. The van der Waals surface area contributed by atoms with E-state index in [2.05, 4.69) is 10.1 Å². The maximum absolute atomic E-state index is 12.0. The van der Waals surface area contributed by atoms with Crippen LogP contribution in [0.1, 0.15) is 18.4 Å². The molecule has 0 atom stereocenters. The number of rotatable bonds is 6. The highest BCUT2D eigenvalue weighted by molar-refractivity contribution is 6.30. The molecule has 1 aliphatic heterocycles. The zero-order valence-corrected chi connectivity index (χ0v) is 11.7. The summed E-state index contributed by atoms with van der Waals surface area (Å²) in [7, 11) is 0. The lowest BCUT2D eigenvalue weighted by Crippen LogP contribution is -2.56. The average Bonchev–Trinajstić information content (AvgIpc) is 2.30. The molecule has 0 saturated carbocycles. The minimum atomic E-state index is -4.25. The van der Waals surface area contributed by atoms with Gasteiger partial charge in [0.25, 0.3) is 0 Å². The zero-order chi connectivity index (χ0) is 14.6. The fourth-order valence-electron chi connectivity index (χ4n) is 2.47. The van der Waals surface area contributed by atoms with Crippen LogP contribution in [0.4, 0.5) is 13.2 Å². The van der Waals surface area contributed by atoms with Crippen LogP contribution < -0.4 is 5.32 Å². The third kappa shape index (κ3) is 4.11. The molecule has 112 valence electrons. The molecular formula is C14H17ClF3NO. The normalized spacial score (nSPS) is 17.8. The van der Waals surface area contributed by atoms with Crippen molar-refractivity contribution >= 4 is 11.6 Å². The second kappa shape index (κ2) is 6.33. The molecule has 20 heavy (non-hydrogen) atoms. The largest absolute Gasteiger partial charge is 0.411 e. The van der Waals surface area contributed by atoms with Crippen LogP contribution in [0.15, 0.2) is 24.3 Å². The molecule has 1 aliphatic rings. The third-order valence-electron chi connectivity index (χ3n) is 3.57. The molecule has 0 aromatic heterocycles. The van der Waals surface area contributed by atoms with Crippen LogP contribution in [-0.2, 0) is 10.2 Å². The van der Waals surface area contributed by atoms with Crippen LogP contribution in [0, 0.1) is 0 Å². The highest BCUT2D eigenvalue weighted by Crippen LogP contribution is 2.34. The summed E-state index contributed by atoms with van der Waals surface area (Å²) in [4.78, 5) is 0. The highest BCUT2D eigenvalue weighted by Gasteiger charge is 2.38. The molecule has 2 rings (SSSR count). The molecule has 1 heterocycles. The first kappa shape index (κ1) is 15.6. The van der Waals surface area contributed by atoms with Gasteiger partial charge < -0.3 is 10.1 Å². The van der Waals surface area contributed by atoms with Crippen molar-refractivity contribution in [2.75, 3.05) is 26.3 Å². The van der Waals surface area contributed by atoms with Gasteiger partial charge in [-0.2, -0.15) is 13.2 Å². The number of nitrogens with one attached hydrogen (secondary N) is 1. The number of halogens is 4. The van der Waals surface area contributed by atoms with Gasteiger partial charge in [0.05, 0.1) is 0 Å². The van der Waals surface area contributed by atoms with Gasteiger partial charge in [-0.15, -0.1) is 0 Å². The van der Waals surface area contributed by atoms with Gasteiger partial charge in [0.2, 0.25) is 0 Å². The monoisotopic (exact) mass is 307 g/mol. The first-order valence-corrected chi connectivity index (χ1v) is 6.90. The molecule has 0 radical (unpaired) electrons. The Bertz CT molecular complexity index is 446. The van der Waals surface area contributed by atoms with E-state index >= 15 is 0 Å². The van der Waals surface area contributed by atoms with E-state index in [9.17, 15) is 13.2 Å². The minimum absolute atomic E-state index is 0.0213. The number of benzene rings is 1. The molecule has 6 heteroatoms. The van der Waals surface area contributed by atoms with Crippen molar-refractivity contribution in [3.63, 3.8) is 0 Å². The summed E-state index contributed by atoms with van der Waals surface area (Å²) in [6.07, 6.45) is -2.86. The average molecular weight is 308 g/mol. The van der Waals surface area contributed by atoms with Crippen molar-refractivity contribution in [1.82, 2.24) is 5.32 Å². The van der Waals surface area contributed by atoms with Crippen molar-refractivity contribution in [1.29, 1.82) is 0 Å². The van der Waals surface area contributed by atoms with Gasteiger partial charge in [-0.25, -0.2) is 0 Å². The van der Waals surface area contributed by atoms with Crippen LogP contribution in [0.3, 0.4) is 0 Å². The molecule has 0 unspecified atom stereocenters. The SMILES string of the molecule is FC(F)(F)COCCCC1(c2cccc(Cl)c2)CNC1. The quantitative estimate of drug-likeness (QED) is 0.812. The number of alkyl halides is 3. The lowest BCUT2D eigenvalue weighted by atomic mass is 9.72. The van der Waals surface area contributed by atoms with Gasteiger partial charge in [0, 0.05) is 30.1 Å². The Hall–Kier alpha value is -0.780. The smallest absolute Gasteiger partial charge is 0.372 e. The predicted octanol–water partition coefficient (Wildman–Crippen LogP) is 3.54. The Morgan fingerprint density at radius 1 is 1.30 bits per heavy atom. The van der Waals surface area contributed by atoms with Crippen LogP contribution in [-0.4, -0.2) is 32.5 Å². The van der Waals surface area contributed by atoms with E-state index in [1.165, 1.54) is 0 Å². The van der Waals surface area contributed by atoms with Gasteiger partial charge in [-0.3, -0.25) is 0 Å². The van der Waals surface area contributed by atoms with E-state index in [-0.39, 0.29) is 12.0 Å². The maximum atomic E-state index is 12.0. The minimum Gasteiger partial charge on any atom is -0.372 e. The van der Waals surface area contributed by atoms with Crippen LogP contribution >= 0.6 is 11.6 Å². The summed E-state index contributed by atoms with van der Waals surface area (Å²) in [5.74, 6) is 0. The second-order valence-electron chi connectivity index (χ2n) is 5.17. The molecule has 1 saturated heterocycles. The number of hydrogen-bond donors (Lipinski definition) is 1. The molecule has 0 aliphatic carbocycles. The second-order valence-corrected chi connectivity index (χ2v) is 5.60. The van der Waals surface area contributed by atoms with Crippen LogP contribution in [0.25, 0.3) is 0 Å². The van der Waals surface area contributed by atoms with Crippen molar-refractivity contribution in [2.45, 2.75) is 24.4 Å². The fourth-order valence-corrected chi connectivity index (χ4v) is 2.66. The summed E-state index contributed by atoms with van der Waals surface area (Å²) in [6, 6.07) is 7.66. The van der Waals surface area contributed by atoms with Gasteiger partial charge in [-0.05, 0) is 30.5 Å². The predicted molar refractivity (Wildman–Crippen MR) is 72.1 cm³/mol. The molecule has 1 fully saturated rings. The molecule has 1 N–H and O–H groups in total. The van der Waals surface area contributed by atoms with E-state index in [0.717, 1.165) is 25.1 Å². The van der Waals surface area contributed by atoms with Gasteiger partial charge in [0.15, 0.2) is 0 Å². The maximum Gasteiger partial charge on any atom is 0.411 e. The van der Waals surface area contributed by atoms with Gasteiger partial charge in [-0.1, -0.05) is 23.7 Å². The van der Waals surface area contributed by atoms with Crippen molar-refractivity contribution in [2.24, 2.45) is 0 Å². The lowest BCUT2D eigenvalue weighted by molar-refractivity contribution is -0.174. The molecule has 1 aromatic carbocycles. The first-order valence-electron chi connectivity index (χ1n) is 6.53. The Kier molecular flexibility index (Phi) is 4.94. The van der Waals surface area contributed by atoms with Crippen molar-refractivity contribution in [3.8, 4) is 0 Å². The van der Waals surface area contributed by atoms with E-state index in [1.807, 2.05) is 24.3 Å². The van der Waals surface area contributed by atoms with E-state index in [0.29, 0.717) is 11.4 Å². The molecule has 0 bridgehead atoms. The zero-order valence-electron chi connectivity index (χ0n) is 11.0. The molecule has 1 aromatic rings. The van der Waals surface area contributed by atoms with Crippen molar-refractivity contribution in [3.05, 3.63) is 34.9 Å². The molecular weight excluding hydrogens is 291 g/mol. The summed E-state index contributed by atoms with van der Waals surface area (Å²) < 4.78 is 40.5.